The molecule has 0 fully saturated rings. The topological polar surface area (TPSA) is 26.3 Å². The molecule has 0 aromatic heterocycles. The van der Waals surface area contributed by atoms with Crippen LogP contribution in [-0.2, 0) is 9.53 Å². The van der Waals surface area contributed by atoms with Crippen molar-refractivity contribution in [1.82, 2.24) is 0 Å². The molecule has 0 N–H and O–H groups in total. The molecule has 0 radical (unpaired) electrons. The molecule has 2 nitrogen and oxygen atoms in total. The fraction of sp³-hybridized carbons (Fsp3) is 0.727. The summed E-state index contributed by atoms with van der Waals surface area (Å²) >= 11 is 0. The van der Waals surface area contributed by atoms with Crippen molar-refractivity contribution in [3.8, 4) is 0 Å². The lowest BCUT2D eigenvalue weighted by Crippen LogP contribution is -2.13. The molecular formula is C11H20O2. The van der Waals surface area contributed by atoms with Crippen molar-refractivity contribution in [3.63, 3.8) is 0 Å². The minimum absolute atomic E-state index is 0.0607. The van der Waals surface area contributed by atoms with Crippen LogP contribution in [0.2, 0.25) is 0 Å². The summed E-state index contributed by atoms with van der Waals surface area (Å²) in [5.41, 5.74) is 0. The minimum Gasteiger partial charge on any atom is -0.462 e. The van der Waals surface area contributed by atoms with Crippen molar-refractivity contribution in [2.75, 3.05) is 0 Å². The zero-order chi connectivity index (χ0) is 10.1. The van der Waals surface area contributed by atoms with E-state index in [0.29, 0.717) is 0 Å². The molecule has 0 aromatic carbocycles. The molecule has 0 saturated heterocycles. The van der Waals surface area contributed by atoms with Gasteiger partial charge in [0, 0.05) is 13.3 Å². The monoisotopic (exact) mass is 184 g/mol. The summed E-state index contributed by atoms with van der Waals surface area (Å²) < 4.78 is 5.09. The van der Waals surface area contributed by atoms with Crippen molar-refractivity contribution in [3.05, 3.63) is 12.2 Å². The van der Waals surface area contributed by atoms with Crippen molar-refractivity contribution in [1.29, 1.82) is 0 Å². The zero-order valence-corrected chi connectivity index (χ0v) is 8.88. The van der Waals surface area contributed by atoms with E-state index in [1.54, 1.807) is 0 Å². The highest BCUT2D eigenvalue weighted by Crippen LogP contribution is 2.05. The number of carbonyl (C=O) groups excluding carboxylic acids is 1. The Balaban J connectivity index is 3.64. The first-order valence-corrected chi connectivity index (χ1v) is 5.02. The van der Waals surface area contributed by atoms with Gasteiger partial charge in [0.15, 0.2) is 0 Å². The average molecular weight is 184 g/mol. The second-order valence-electron chi connectivity index (χ2n) is 3.14. The maximum Gasteiger partial charge on any atom is 0.302 e. The lowest BCUT2D eigenvalue weighted by Gasteiger charge is -2.12. The van der Waals surface area contributed by atoms with Crippen molar-refractivity contribution in [2.24, 2.45) is 0 Å². The number of rotatable bonds is 6. The van der Waals surface area contributed by atoms with Crippen molar-refractivity contribution >= 4 is 5.97 Å². The fourth-order valence-electron chi connectivity index (χ4n) is 1.07. The molecule has 0 aliphatic heterocycles. The number of hydrogen-bond donors (Lipinski definition) is 0. The summed E-state index contributed by atoms with van der Waals surface area (Å²) in [6, 6.07) is 0. The first-order chi connectivity index (χ1) is 6.20. The van der Waals surface area contributed by atoms with E-state index < -0.39 is 0 Å². The Morgan fingerprint density at radius 2 is 2.08 bits per heavy atom. The van der Waals surface area contributed by atoms with Gasteiger partial charge in [-0.05, 0) is 12.8 Å². The van der Waals surface area contributed by atoms with Crippen LogP contribution < -0.4 is 0 Å². The highest BCUT2D eigenvalue weighted by molar-refractivity contribution is 5.66. The molecule has 0 aliphatic carbocycles. The Morgan fingerprint density at radius 1 is 1.38 bits per heavy atom. The Kier molecular flexibility index (Phi) is 7.36. The van der Waals surface area contributed by atoms with Crippen LogP contribution in [0, 0.1) is 0 Å². The quantitative estimate of drug-likeness (QED) is 0.468. The largest absolute Gasteiger partial charge is 0.462 e. The number of allylic oxidation sites excluding steroid dienone is 1. The predicted molar refractivity (Wildman–Crippen MR) is 54.5 cm³/mol. The third kappa shape index (κ3) is 7.57. The molecule has 0 spiro atoms. The van der Waals surface area contributed by atoms with Crippen LogP contribution in [0.4, 0.5) is 0 Å². The summed E-state index contributed by atoms with van der Waals surface area (Å²) in [5, 5.41) is 0. The molecule has 13 heavy (non-hydrogen) atoms. The summed E-state index contributed by atoms with van der Waals surface area (Å²) in [6.45, 7) is 5.63. The molecule has 0 aliphatic rings. The first kappa shape index (κ1) is 12.2. The molecule has 0 aromatic rings. The lowest BCUT2D eigenvalue weighted by atomic mass is 10.2. The molecule has 2 heteroatoms. The van der Waals surface area contributed by atoms with Crippen LogP contribution in [0.3, 0.4) is 0 Å². The highest BCUT2D eigenvalue weighted by atomic mass is 16.5. The van der Waals surface area contributed by atoms with Gasteiger partial charge in [-0.1, -0.05) is 32.4 Å². The third-order valence-electron chi connectivity index (χ3n) is 1.81. The predicted octanol–water partition coefficient (Wildman–Crippen LogP) is 3.07. The maximum atomic E-state index is 10.7. The standard InChI is InChI=1S/C11H20O2/c1-4-6-7-8-9-11(5-2)13-10(3)12/h7-8,11H,4-6,9H2,1-3H3/b8-7-. The van der Waals surface area contributed by atoms with Crippen LogP contribution in [0.15, 0.2) is 12.2 Å². The molecule has 0 bridgehead atoms. The SMILES string of the molecule is CCC/C=C\CC(CC)OC(C)=O. The maximum absolute atomic E-state index is 10.7. The summed E-state index contributed by atoms with van der Waals surface area (Å²) in [4.78, 5) is 10.7. The summed E-state index contributed by atoms with van der Waals surface area (Å²) in [7, 11) is 0. The van der Waals surface area contributed by atoms with Gasteiger partial charge in [-0.3, -0.25) is 4.79 Å². The van der Waals surface area contributed by atoms with E-state index in [4.69, 9.17) is 4.74 Å². The van der Waals surface area contributed by atoms with E-state index in [9.17, 15) is 4.79 Å². The van der Waals surface area contributed by atoms with E-state index >= 15 is 0 Å². The van der Waals surface area contributed by atoms with Crippen LogP contribution in [0.25, 0.3) is 0 Å². The van der Waals surface area contributed by atoms with Gasteiger partial charge in [0.25, 0.3) is 0 Å². The van der Waals surface area contributed by atoms with Crippen LogP contribution in [0.1, 0.15) is 46.5 Å². The number of unbranched alkanes of at least 4 members (excludes halogenated alkanes) is 1. The van der Waals surface area contributed by atoms with E-state index in [1.165, 1.54) is 13.3 Å². The summed E-state index contributed by atoms with van der Waals surface area (Å²) in [5.74, 6) is -0.184. The van der Waals surface area contributed by atoms with E-state index in [0.717, 1.165) is 19.3 Å². The normalized spacial score (nSPS) is 13.2. The third-order valence-corrected chi connectivity index (χ3v) is 1.81. The van der Waals surface area contributed by atoms with E-state index in [2.05, 4.69) is 19.1 Å². The summed E-state index contributed by atoms with van der Waals surface area (Å²) in [6.07, 6.45) is 8.31. The average Bonchev–Trinajstić information content (AvgIpc) is 2.09. The van der Waals surface area contributed by atoms with Gasteiger partial charge in [-0.2, -0.15) is 0 Å². The smallest absolute Gasteiger partial charge is 0.302 e. The number of carbonyl (C=O) groups is 1. The van der Waals surface area contributed by atoms with Gasteiger partial charge < -0.3 is 4.74 Å². The molecule has 1 unspecified atom stereocenters. The van der Waals surface area contributed by atoms with Gasteiger partial charge in [-0.15, -0.1) is 0 Å². The second kappa shape index (κ2) is 7.84. The van der Waals surface area contributed by atoms with Gasteiger partial charge in [0.05, 0.1) is 0 Å². The fourth-order valence-corrected chi connectivity index (χ4v) is 1.07. The molecule has 0 rings (SSSR count). The Morgan fingerprint density at radius 3 is 2.54 bits per heavy atom. The van der Waals surface area contributed by atoms with Gasteiger partial charge in [-0.25, -0.2) is 0 Å². The van der Waals surface area contributed by atoms with E-state index in [-0.39, 0.29) is 12.1 Å². The molecular weight excluding hydrogens is 164 g/mol. The van der Waals surface area contributed by atoms with Gasteiger partial charge in [0.1, 0.15) is 6.10 Å². The van der Waals surface area contributed by atoms with Crippen LogP contribution >= 0.6 is 0 Å². The number of ether oxygens (including phenoxy) is 1. The number of hydrogen-bond acceptors (Lipinski definition) is 2. The van der Waals surface area contributed by atoms with Crippen molar-refractivity contribution in [2.45, 2.75) is 52.6 Å². The molecule has 0 saturated carbocycles. The molecule has 0 heterocycles. The minimum atomic E-state index is -0.184. The van der Waals surface area contributed by atoms with Crippen molar-refractivity contribution < 1.29 is 9.53 Å². The van der Waals surface area contributed by atoms with Crippen LogP contribution in [0.5, 0.6) is 0 Å². The molecule has 76 valence electrons. The zero-order valence-electron chi connectivity index (χ0n) is 8.88. The second-order valence-corrected chi connectivity index (χ2v) is 3.14. The Bertz CT molecular complexity index is 161. The Hall–Kier alpha value is -0.790. The first-order valence-electron chi connectivity index (χ1n) is 5.02. The molecule has 1 atom stereocenters. The highest BCUT2D eigenvalue weighted by Gasteiger charge is 2.06. The molecule has 0 amide bonds. The Labute approximate surface area is 81.0 Å². The van der Waals surface area contributed by atoms with Crippen LogP contribution in [-0.4, -0.2) is 12.1 Å². The number of esters is 1. The lowest BCUT2D eigenvalue weighted by molar-refractivity contribution is -0.146. The van der Waals surface area contributed by atoms with E-state index in [1.807, 2.05) is 6.92 Å². The van der Waals surface area contributed by atoms with Gasteiger partial charge in [0.2, 0.25) is 0 Å². The van der Waals surface area contributed by atoms with Gasteiger partial charge >= 0.3 is 5.97 Å².